The van der Waals surface area contributed by atoms with Crippen molar-refractivity contribution < 1.29 is 9.84 Å². The van der Waals surface area contributed by atoms with Crippen LogP contribution in [0.3, 0.4) is 0 Å². The van der Waals surface area contributed by atoms with E-state index in [1.165, 1.54) is 77.3 Å². The number of aliphatic hydroxyl groups excluding tert-OH is 1. The van der Waals surface area contributed by atoms with Crippen LogP contribution in [-0.2, 0) is 4.74 Å². The van der Waals surface area contributed by atoms with Gasteiger partial charge in [-0.3, -0.25) is 9.80 Å². The predicted octanol–water partition coefficient (Wildman–Crippen LogP) is 4.17. The molecular weight excluding hydrogens is 384 g/mol. The molecular formula is C27H46N2O2. The van der Waals surface area contributed by atoms with Crippen molar-refractivity contribution in [2.75, 3.05) is 39.4 Å². The monoisotopic (exact) mass is 430 g/mol. The quantitative estimate of drug-likeness (QED) is 0.713. The highest BCUT2D eigenvalue weighted by atomic mass is 16.5. The van der Waals surface area contributed by atoms with Crippen LogP contribution < -0.4 is 0 Å². The van der Waals surface area contributed by atoms with Gasteiger partial charge in [-0.15, -0.1) is 0 Å². The molecule has 0 bridgehead atoms. The van der Waals surface area contributed by atoms with Gasteiger partial charge in [-0.2, -0.15) is 0 Å². The Balaban J connectivity index is 1.23. The first-order valence-electron chi connectivity index (χ1n) is 13.7. The second-order valence-corrected chi connectivity index (χ2v) is 12.8. The molecule has 2 aliphatic heterocycles. The predicted molar refractivity (Wildman–Crippen MR) is 124 cm³/mol. The number of nitrogens with zero attached hydrogens (tertiary/aromatic N) is 2. The molecule has 6 rings (SSSR count). The van der Waals surface area contributed by atoms with E-state index >= 15 is 0 Å². The van der Waals surface area contributed by atoms with Crippen molar-refractivity contribution in [1.82, 2.24) is 9.80 Å². The minimum absolute atomic E-state index is 0.102. The molecule has 4 heteroatoms. The first-order valence-corrected chi connectivity index (χ1v) is 13.7. The highest BCUT2D eigenvalue weighted by Crippen LogP contribution is 2.66. The standard InChI is InChI=1S/C27H46N2O2/c1-26-10-9-22-21(23(26)17-24(25(26)30)29-11-3-4-12-29)8-6-19-5-7-20(18-27(19,22)2)28-13-15-31-16-14-28/h19-25,30H,3-18H2,1-2H3/t19?,20-,21?,22?,23?,24+,25+,26+,27+/m1/s1. The number of likely N-dealkylation sites (tertiary alicyclic amines) is 1. The smallest absolute Gasteiger partial charge is 0.0751 e. The third-order valence-electron chi connectivity index (χ3n) is 11.7. The van der Waals surface area contributed by atoms with Crippen molar-refractivity contribution in [3.8, 4) is 0 Å². The minimum atomic E-state index is -0.102. The van der Waals surface area contributed by atoms with E-state index in [1.807, 2.05) is 0 Å². The number of hydrogen-bond donors (Lipinski definition) is 1. The fourth-order valence-electron chi connectivity index (χ4n) is 9.99. The maximum absolute atomic E-state index is 11.5. The lowest BCUT2D eigenvalue weighted by Gasteiger charge is -2.61. The lowest BCUT2D eigenvalue weighted by atomic mass is 9.45. The molecule has 0 radical (unpaired) electrons. The van der Waals surface area contributed by atoms with Gasteiger partial charge < -0.3 is 9.84 Å². The van der Waals surface area contributed by atoms with E-state index in [2.05, 4.69) is 23.6 Å². The van der Waals surface area contributed by atoms with Gasteiger partial charge in [-0.1, -0.05) is 13.8 Å². The maximum Gasteiger partial charge on any atom is 0.0751 e. The van der Waals surface area contributed by atoms with Crippen LogP contribution in [0.25, 0.3) is 0 Å². The van der Waals surface area contributed by atoms with Gasteiger partial charge in [0.15, 0.2) is 0 Å². The number of rotatable bonds is 2. The van der Waals surface area contributed by atoms with Crippen LogP contribution >= 0.6 is 0 Å². The molecule has 0 aromatic carbocycles. The van der Waals surface area contributed by atoms with E-state index in [0.29, 0.717) is 11.5 Å². The van der Waals surface area contributed by atoms with E-state index < -0.39 is 0 Å². The largest absolute Gasteiger partial charge is 0.391 e. The second-order valence-electron chi connectivity index (χ2n) is 12.8. The summed E-state index contributed by atoms with van der Waals surface area (Å²) in [4.78, 5) is 5.43. The zero-order valence-corrected chi connectivity index (χ0v) is 20.1. The number of hydrogen-bond acceptors (Lipinski definition) is 4. The van der Waals surface area contributed by atoms with Crippen molar-refractivity contribution in [1.29, 1.82) is 0 Å². The molecule has 31 heavy (non-hydrogen) atoms. The minimum Gasteiger partial charge on any atom is -0.391 e. The first kappa shape index (κ1) is 21.4. The average Bonchev–Trinajstić information content (AvgIpc) is 3.40. The first-order chi connectivity index (χ1) is 15.0. The van der Waals surface area contributed by atoms with Crippen molar-refractivity contribution in [2.24, 2.45) is 34.5 Å². The fraction of sp³-hybridized carbons (Fsp3) is 1.00. The summed E-state index contributed by atoms with van der Waals surface area (Å²) in [5.74, 6) is 3.42. The van der Waals surface area contributed by atoms with Crippen molar-refractivity contribution in [3.05, 3.63) is 0 Å². The highest BCUT2D eigenvalue weighted by Gasteiger charge is 2.63. The van der Waals surface area contributed by atoms with Gasteiger partial charge in [0.05, 0.1) is 19.3 Å². The van der Waals surface area contributed by atoms with Crippen LogP contribution in [0.2, 0.25) is 0 Å². The summed E-state index contributed by atoms with van der Waals surface area (Å²) in [6.07, 6.45) is 13.6. The molecule has 2 saturated heterocycles. The summed E-state index contributed by atoms with van der Waals surface area (Å²) < 4.78 is 5.66. The normalized spacial score (nSPS) is 53.7. The van der Waals surface area contributed by atoms with Crippen LogP contribution in [-0.4, -0.2) is 72.5 Å². The van der Waals surface area contributed by atoms with Crippen LogP contribution in [0, 0.1) is 34.5 Å². The van der Waals surface area contributed by atoms with Gasteiger partial charge in [-0.25, -0.2) is 0 Å². The molecule has 4 aliphatic carbocycles. The van der Waals surface area contributed by atoms with Crippen molar-refractivity contribution in [2.45, 2.75) is 96.2 Å². The molecule has 0 spiro atoms. The Morgan fingerprint density at radius 3 is 2.32 bits per heavy atom. The SMILES string of the molecule is C[C@]12C[C@H](N3CCOCC3)CCC1CCC1C2CC[C@@]2(C)C1C[C@H](N1CCCC1)[C@@H]2O. The summed E-state index contributed by atoms with van der Waals surface area (Å²) in [5, 5.41) is 11.5. The van der Waals surface area contributed by atoms with Gasteiger partial charge in [0, 0.05) is 25.2 Å². The molecule has 4 nitrogen and oxygen atoms in total. The summed E-state index contributed by atoms with van der Waals surface area (Å²) in [6.45, 7) is 11.8. The third kappa shape index (κ3) is 3.29. The van der Waals surface area contributed by atoms with Gasteiger partial charge in [-0.05, 0) is 112 Å². The molecule has 2 heterocycles. The summed E-state index contributed by atoms with van der Waals surface area (Å²) in [5.41, 5.74) is 0.679. The van der Waals surface area contributed by atoms with Crippen LogP contribution in [0.5, 0.6) is 0 Å². The molecule has 6 fully saturated rings. The molecule has 9 atom stereocenters. The Morgan fingerprint density at radius 2 is 1.55 bits per heavy atom. The molecule has 6 aliphatic rings. The molecule has 0 aromatic rings. The van der Waals surface area contributed by atoms with E-state index in [-0.39, 0.29) is 11.5 Å². The number of fused-ring (bicyclic) bond motifs is 5. The Morgan fingerprint density at radius 1 is 0.806 bits per heavy atom. The summed E-state index contributed by atoms with van der Waals surface area (Å²) >= 11 is 0. The summed E-state index contributed by atoms with van der Waals surface area (Å²) in [7, 11) is 0. The van der Waals surface area contributed by atoms with Gasteiger partial charge in [0.25, 0.3) is 0 Å². The van der Waals surface area contributed by atoms with E-state index in [4.69, 9.17) is 4.74 Å². The molecule has 176 valence electrons. The van der Waals surface area contributed by atoms with Gasteiger partial charge in [0.2, 0.25) is 0 Å². The topological polar surface area (TPSA) is 35.9 Å². The zero-order valence-electron chi connectivity index (χ0n) is 20.1. The lowest BCUT2D eigenvalue weighted by molar-refractivity contribution is -0.136. The molecule has 4 saturated carbocycles. The van der Waals surface area contributed by atoms with Gasteiger partial charge in [0.1, 0.15) is 0 Å². The summed E-state index contributed by atoms with van der Waals surface area (Å²) in [6, 6.07) is 1.22. The van der Waals surface area contributed by atoms with E-state index in [9.17, 15) is 5.11 Å². The lowest BCUT2D eigenvalue weighted by Crippen LogP contribution is -2.57. The van der Waals surface area contributed by atoms with Gasteiger partial charge >= 0.3 is 0 Å². The van der Waals surface area contributed by atoms with E-state index in [1.54, 1.807) is 0 Å². The van der Waals surface area contributed by atoms with Crippen molar-refractivity contribution in [3.63, 3.8) is 0 Å². The highest BCUT2D eigenvalue weighted by molar-refractivity contribution is 5.13. The van der Waals surface area contributed by atoms with Crippen molar-refractivity contribution >= 4 is 0 Å². The number of morpholine rings is 1. The third-order valence-corrected chi connectivity index (χ3v) is 11.7. The molecule has 0 aromatic heterocycles. The Kier molecular flexibility index (Phi) is 5.49. The van der Waals surface area contributed by atoms with E-state index in [0.717, 1.165) is 56.0 Å². The Labute approximate surface area is 190 Å². The Hall–Kier alpha value is -0.160. The van der Waals surface area contributed by atoms with Crippen LogP contribution in [0.1, 0.15) is 78.1 Å². The molecule has 1 N–H and O–H groups in total. The number of ether oxygens (including phenoxy) is 1. The maximum atomic E-state index is 11.5. The van der Waals surface area contributed by atoms with Crippen LogP contribution in [0.4, 0.5) is 0 Å². The Bertz CT molecular complexity index is 660. The zero-order chi connectivity index (χ0) is 21.2. The average molecular weight is 431 g/mol. The molecule has 0 amide bonds. The molecule has 4 unspecified atom stereocenters. The second kappa shape index (κ2) is 7.96. The fourth-order valence-corrected chi connectivity index (χ4v) is 9.99. The van der Waals surface area contributed by atoms with Crippen LogP contribution in [0.15, 0.2) is 0 Å². The number of aliphatic hydroxyl groups is 1.